The number of ether oxygens (including phenoxy) is 2. The topological polar surface area (TPSA) is 63.5 Å². The molecule has 31 heavy (non-hydrogen) atoms. The predicted octanol–water partition coefficient (Wildman–Crippen LogP) is 4.82. The van der Waals surface area contributed by atoms with Gasteiger partial charge in [-0.25, -0.2) is 9.37 Å². The molecule has 7 heteroatoms. The van der Waals surface area contributed by atoms with Gasteiger partial charge in [-0.05, 0) is 41.8 Å². The Morgan fingerprint density at radius 3 is 2.97 bits per heavy atom. The lowest BCUT2D eigenvalue weighted by Gasteiger charge is -2.27. The van der Waals surface area contributed by atoms with Crippen LogP contribution in [0.3, 0.4) is 0 Å². The highest BCUT2D eigenvalue weighted by atomic mass is 19.1. The Balaban J connectivity index is 1.27. The lowest BCUT2D eigenvalue weighted by molar-refractivity contribution is 0.171. The molecule has 2 aromatic heterocycles. The second-order valence-corrected chi connectivity index (χ2v) is 8.08. The Kier molecular flexibility index (Phi) is 4.24. The highest BCUT2D eigenvalue weighted by molar-refractivity contribution is 5.93. The summed E-state index contributed by atoms with van der Waals surface area (Å²) in [6.07, 6.45) is 5.17. The van der Waals surface area contributed by atoms with Crippen molar-refractivity contribution >= 4 is 27.6 Å². The quantitative estimate of drug-likeness (QED) is 0.516. The SMILES string of the molecule is Cc1nc2c(CN3CC=C(c4c[nH]c5cc(F)ccc45)CC3)cc3c(c2o1)OCCO3. The zero-order chi connectivity index (χ0) is 20.9. The van der Waals surface area contributed by atoms with Gasteiger partial charge in [-0.1, -0.05) is 6.08 Å². The van der Waals surface area contributed by atoms with Gasteiger partial charge in [0.2, 0.25) is 11.3 Å². The van der Waals surface area contributed by atoms with Crippen molar-refractivity contribution in [2.75, 3.05) is 26.3 Å². The maximum absolute atomic E-state index is 13.5. The van der Waals surface area contributed by atoms with Crippen LogP contribution in [0.2, 0.25) is 0 Å². The lowest BCUT2D eigenvalue weighted by atomic mass is 9.98. The van der Waals surface area contributed by atoms with Crippen LogP contribution in [0, 0.1) is 12.7 Å². The third-order valence-corrected chi connectivity index (χ3v) is 6.04. The van der Waals surface area contributed by atoms with Crippen LogP contribution in [-0.2, 0) is 6.54 Å². The number of aryl methyl sites for hydroxylation is 1. The second-order valence-electron chi connectivity index (χ2n) is 8.08. The largest absolute Gasteiger partial charge is 0.486 e. The van der Waals surface area contributed by atoms with E-state index in [4.69, 9.17) is 13.9 Å². The molecule has 6 rings (SSSR count). The van der Waals surface area contributed by atoms with Gasteiger partial charge in [0, 0.05) is 49.2 Å². The molecule has 2 aromatic carbocycles. The van der Waals surface area contributed by atoms with Gasteiger partial charge in [-0.15, -0.1) is 0 Å². The van der Waals surface area contributed by atoms with E-state index in [9.17, 15) is 4.39 Å². The summed E-state index contributed by atoms with van der Waals surface area (Å²) in [5.74, 6) is 1.78. The molecule has 0 unspecified atom stereocenters. The third-order valence-electron chi connectivity index (χ3n) is 6.04. The molecule has 158 valence electrons. The standard InChI is InChI=1S/C24H22FN3O3/c1-14-27-22-16(10-21-23(24(22)31-14)30-9-8-29-21)13-28-6-4-15(5-7-28)19-12-26-20-11-17(25)2-3-18(19)20/h2-4,10-12,26H,5-9,13H2,1H3. The molecule has 0 amide bonds. The van der Waals surface area contributed by atoms with Crippen LogP contribution < -0.4 is 9.47 Å². The van der Waals surface area contributed by atoms with E-state index in [-0.39, 0.29) is 5.82 Å². The fraction of sp³-hybridized carbons (Fsp3) is 0.292. The zero-order valence-corrected chi connectivity index (χ0v) is 17.2. The van der Waals surface area contributed by atoms with E-state index in [2.05, 4.69) is 20.9 Å². The number of benzene rings is 2. The van der Waals surface area contributed by atoms with E-state index in [1.807, 2.05) is 25.3 Å². The number of hydrogen-bond acceptors (Lipinski definition) is 5. The number of hydrogen-bond donors (Lipinski definition) is 1. The molecular weight excluding hydrogens is 397 g/mol. The summed E-state index contributed by atoms with van der Waals surface area (Å²) in [5, 5.41) is 1.06. The second kappa shape index (κ2) is 7.13. The number of rotatable bonds is 3. The summed E-state index contributed by atoms with van der Waals surface area (Å²) in [4.78, 5) is 10.2. The Morgan fingerprint density at radius 1 is 1.19 bits per heavy atom. The minimum atomic E-state index is -0.224. The molecule has 2 aliphatic heterocycles. The molecule has 0 radical (unpaired) electrons. The first-order valence-corrected chi connectivity index (χ1v) is 10.5. The van der Waals surface area contributed by atoms with Crippen molar-refractivity contribution in [2.24, 2.45) is 0 Å². The van der Waals surface area contributed by atoms with Crippen LogP contribution in [0.1, 0.15) is 23.4 Å². The van der Waals surface area contributed by atoms with Crippen molar-refractivity contribution in [3.05, 3.63) is 59.4 Å². The average molecular weight is 419 g/mol. The van der Waals surface area contributed by atoms with Gasteiger partial charge in [-0.3, -0.25) is 4.90 Å². The lowest BCUT2D eigenvalue weighted by Crippen LogP contribution is -2.28. The number of H-pyrrole nitrogens is 1. The Bertz CT molecular complexity index is 1340. The molecule has 2 aliphatic rings. The smallest absolute Gasteiger partial charge is 0.206 e. The fourth-order valence-electron chi connectivity index (χ4n) is 4.57. The number of nitrogens with one attached hydrogen (secondary N) is 1. The number of aromatic amines is 1. The maximum Gasteiger partial charge on any atom is 0.206 e. The van der Waals surface area contributed by atoms with E-state index in [0.717, 1.165) is 59.4 Å². The van der Waals surface area contributed by atoms with Gasteiger partial charge < -0.3 is 18.9 Å². The van der Waals surface area contributed by atoms with E-state index in [0.29, 0.717) is 30.4 Å². The Labute approximate surface area is 178 Å². The molecule has 4 aromatic rings. The molecule has 0 saturated heterocycles. The monoisotopic (exact) mass is 419 g/mol. The van der Waals surface area contributed by atoms with E-state index in [1.54, 1.807) is 6.07 Å². The Morgan fingerprint density at radius 2 is 2.10 bits per heavy atom. The third kappa shape index (κ3) is 3.16. The van der Waals surface area contributed by atoms with E-state index >= 15 is 0 Å². The van der Waals surface area contributed by atoms with Gasteiger partial charge >= 0.3 is 0 Å². The molecular formula is C24H22FN3O3. The van der Waals surface area contributed by atoms with Gasteiger partial charge in [-0.2, -0.15) is 0 Å². The molecule has 6 nitrogen and oxygen atoms in total. The van der Waals surface area contributed by atoms with Crippen LogP contribution in [0.25, 0.3) is 27.6 Å². The summed E-state index contributed by atoms with van der Waals surface area (Å²) in [5.41, 5.74) is 5.87. The van der Waals surface area contributed by atoms with Crippen molar-refractivity contribution in [3.63, 3.8) is 0 Å². The van der Waals surface area contributed by atoms with E-state index in [1.165, 1.54) is 11.6 Å². The first kappa shape index (κ1) is 18.4. The van der Waals surface area contributed by atoms with Gasteiger partial charge in [0.25, 0.3) is 0 Å². The summed E-state index contributed by atoms with van der Waals surface area (Å²) in [6.45, 7) is 5.41. The maximum atomic E-state index is 13.5. The Hall–Kier alpha value is -3.32. The molecule has 0 spiro atoms. The first-order chi connectivity index (χ1) is 15.2. The first-order valence-electron chi connectivity index (χ1n) is 10.5. The van der Waals surface area contributed by atoms with Crippen molar-refractivity contribution in [3.8, 4) is 11.5 Å². The fourth-order valence-corrected chi connectivity index (χ4v) is 4.57. The minimum absolute atomic E-state index is 0.224. The normalized spacial score (nSPS) is 16.8. The zero-order valence-electron chi connectivity index (χ0n) is 17.2. The minimum Gasteiger partial charge on any atom is -0.486 e. The summed E-state index contributed by atoms with van der Waals surface area (Å²) >= 11 is 0. The highest BCUT2D eigenvalue weighted by Gasteiger charge is 2.24. The van der Waals surface area contributed by atoms with Crippen LogP contribution in [0.5, 0.6) is 11.5 Å². The predicted molar refractivity (Wildman–Crippen MR) is 116 cm³/mol. The van der Waals surface area contributed by atoms with Gasteiger partial charge in [0.05, 0.1) is 0 Å². The number of oxazole rings is 1. The number of fused-ring (bicyclic) bond motifs is 4. The van der Waals surface area contributed by atoms with Gasteiger partial charge in [0.1, 0.15) is 24.5 Å². The molecule has 4 heterocycles. The average Bonchev–Trinajstić information content (AvgIpc) is 3.37. The molecule has 0 aliphatic carbocycles. The number of halogens is 1. The highest BCUT2D eigenvalue weighted by Crippen LogP contribution is 2.40. The van der Waals surface area contributed by atoms with Gasteiger partial charge in [0.15, 0.2) is 11.6 Å². The number of nitrogens with zero attached hydrogens (tertiary/aromatic N) is 2. The van der Waals surface area contributed by atoms with Crippen molar-refractivity contribution in [2.45, 2.75) is 19.9 Å². The summed E-state index contributed by atoms with van der Waals surface area (Å²) in [6, 6.07) is 6.94. The molecule has 0 saturated carbocycles. The summed E-state index contributed by atoms with van der Waals surface area (Å²) < 4.78 is 30.9. The molecule has 1 N–H and O–H groups in total. The van der Waals surface area contributed by atoms with Crippen molar-refractivity contribution < 1.29 is 18.3 Å². The molecule has 0 fully saturated rings. The number of aromatic nitrogens is 2. The van der Waals surface area contributed by atoms with Crippen LogP contribution in [-0.4, -0.2) is 41.2 Å². The van der Waals surface area contributed by atoms with Crippen LogP contribution >= 0.6 is 0 Å². The summed E-state index contributed by atoms with van der Waals surface area (Å²) in [7, 11) is 0. The molecule has 0 atom stereocenters. The molecule has 0 bridgehead atoms. The van der Waals surface area contributed by atoms with Crippen molar-refractivity contribution in [1.29, 1.82) is 0 Å². The van der Waals surface area contributed by atoms with E-state index < -0.39 is 0 Å². The van der Waals surface area contributed by atoms with Crippen molar-refractivity contribution in [1.82, 2.24) is 14.9 Å². The van der Waals surface area contributed by atoms with Crippen LogP contribution in [0.15, 0.2) is 41.0 Å². The van der Waals surface area contributed by atoms with Crippen LogP contribution in [0.4, 0.5) is 4.39 Å².